The van der Waals surface area contributed by atoms with E-state index in [0.717, 1.165) is 35.2 Å². The summed E-state index contributed by atoms with van der Waals surface area (Å²) in [6.45, 7) is 7.57. The van der Waals surface area contributed by atoms with Gasteiger partial charge in [-0.3, -0.25) is 0 Å². The molecule has 0 amide bonds. The zero-order valence-corrected chi connectivity index (χ0v) is 12.6. The van der Waals surface area contributed by atoms with Crippen molar-refractivity contribution in [2.75, 3.05) is 11.4 Å². The van der Waals surface area contributed by atoms with Gasteiger partial charge in [0.1, 0.15) is 5.82 Å². The highest BCUT2D eigenvalue weighted by Gasteiger charge is 2.14. The van der Waals surface area contributed by atoms with Crippen LogP contribution in [0.2, 0.25) is 0 Å². The average molecular weight is 277 g/mol. The van der Waals surface area contributed by atoms with Crippen molar-refractivity contribution in [3.63, 3.8) is 0 Å². The molecule has 0 bridgehead atoms. The highest BCUT2D eigenvalue weighted by Crippen LogP contribution is 2.25. The third-order valence-corrected chi connectivity index (χ3v) is 3.98. The minimum absolute atomic E-state index is 0.488. The number of anilines is 1. The quantitative estimate of drug-likeness (QED) is 0.742. The van der Waals surface area contributed by atoms with Crippen LogP contribution in [0.4, 0.5) is 5.82 Å². The molecule has 102 valence electrons. The van der Waals surface area contributed by atoms with E-state index in [2.05, 4.69) is 43.9 Å². The summed E-state index contributed by atoms with van der Waals surface area (Å²) in [6.07, 6.45) is 1.11. The minimum atomic E-state index is 0.488. The zero-order chi connectivity index (χ0) is 13.8. The van der Waals surface area contributed by atoms with E-state index in [4.69, 9.17) is 16.6 Å². The molecule has 0 N–H and O–H groups in total. The molecule has 0 aliphatic heterocycles. The number of pyridine rings is 1. The average Bonchev–Trinajstić information content (AvgIpc) is 2.46. The van der Waals surface area contributed by atoms with Gasteiger partial charge >= 0.3 is 0 Å². The minimum Gasteiger partial charge on any atom is -0.354 e. The number of rotatable bonds is 5. The van der Waals surface area contributed by atoms with Gasteiger partial charge in [0.05, 0.1) is 5.52 Å². The molecular formula is C16H21ClN2. The van der Waals surface area contributed by atoms with Crippen LogP contribution in [0.15, 0.2) is 30.3 Å². The van der Waals surface area contributed by atoms with Gasteiger partial charge in [0.2, 0.25) is 0 Å². The molecule has 0 fully saturated rings. The largest absolute Gasteiger partial charge is 0.354 e. The first kappa shape index (κ1) is 14.1. The molecule has 2 aromatic rings. The Hall–Kier alpha value is -1.28. The molecule has 0 aliphatic rings. The van der Waals surface area contributed by atoms with Gasteiger partial charge in [-0.2, -0.15) is 0 Å². The van der Waals surface area contributed by atoms with E-state index in [-0.39, 0.29) is 0 Å². The fourth-order valence-corrected chi connectivity index (χ4v) is 2.63. The number of fused-ring (bicyclic) bond motifs is 1. The Labute approximate surface area is 120 Å². The van der Waals surface area contributed by atoms with Gasteiger partial charge < -0.3 is 4.90 Å². The smallest absolute Gasteiger partial charge is 0.129 e. The highest BCUT2D eigenvalue weighted by molar-refractivity contribution is 6.18. The SMILES string of the molecule is CCC(C)N(CC)c1cc(CCl)c2ccccc2n1. The Balaban J connectivity index is 2.54. The molecule has 0 saturated heterocycles. The lowest BCUT2D eigenvalue weighted by molar-refractivity contribution is 0.624. The van der Waals surface area contributed by atoms with Gasteiger partial charge in [-0.25, -0.2) is 4.98 Å². The Morgan fingerprint density at radius 2 is 2.00 bits per heavy atom. The van der Waals surface area contributed by atoms with Crippen molar-refractivity contribution < 1.29 is 0 Å². The third kappa shape index (κ3) is 2.84. The van der Waals surface area contributed by atoms with Crippen molar-refractivity contribution in [3.05, 3.63) is 35.9 Å². The lowest BCUT2D eigenvalue weighted by Gasteiger charge is -2.29. The van der Waals surface area contributed by atoms with Crippen LogP contribution in [-0.4, -0.2) is 17.6 Å². The van der Waals surface area contributed by atoms with Crippen LogP contribution in [0.25, 0.3) is 10.9 Å². The van der Waals surface area contributed by atoms with Crippen molar-refractivity contribution in [2.45, 2.75) is 39.1 Å². The highest BCUT2D eigenvalue weighted by atomic mass is 35.5. The van der Waals surface area contributed by atoms with E-state index in [0.29, 0.717) is 11.9 Å². The van der Waals surface area contributed by atoms with Crippen LogP contribution < -0.4 is 4.90 Å². The fraction of sp³-hybridized carbons (Fsp3) is 0.438. The molecule has 0 spiro atoms. The molecule has 1 unspecified atom stereocenters. The van der Waals surface area contributed by atoms with Crippen molar-refractivity contribution in [1.82, 2.24) is 4.98 Å². The molecule has 1 heterocycles. The number of aromatic nitrogens is 1. The zero-order valence-electron chi connectivity index (χ0n) is 11.9. The third-order valence-electron chi connectivity index (χ3n) is 3.69. The maximum Gasteiger partial charge on any atom is 0.129 e. The molecule has 1 aromatic heterocycles. The van der Waals surface area contributed by atoms with Crippen LogP contribution in [0.5, 0.6) is 0 Å². The van der Waals surface area contributed by atoms with Gasteiger partial charge in [-0.15, -0.1) is 11.6 Å². The van der Waals surface area contributed by atoms with E-state index in [1.165, 1.54) is 0 Å². The number of benzene rings is 1. The molecule has 1 aromatic carbocycles. The second-order valence-corrected chi connectivity index (χ2v) is 5.10. The Kier molecular flexibility index (Phi) is 4.65. The van der Waals surface area contributed by atoms with Gasteiger partial charge in [-0.1, -0.05) is 25.1 Å². The van der Waals surface area contributed by atoms with Crippen LogP contribution in [0, 0.1) is 0 Å². The molecule has 0 radical (unpaired) electrons. The molecular weight excluding hydrogens is 256 g/mol. The number of para-hydroxylation sites is 1. The predicted octanol–water partition coefficient (Wildman–Crippen LogP) is 4.60. The number of alkyl halides is 1. The number of nitrogens with zero attached hydrogens (tertiary/aromatic N) is 2. The van der Waals surface area contributed by atoms with Gasteiger partial charge in [-0.05, 0) is 38.0 Å². The molecule has 19 heavy (non-hydrogen) atoms. The molecule has 0 aliphatic carbocycles. The first-order valence-electron chi connectivity index (χ1n) is 6.92. The Morgan fingerprint density at radius 3 is 2.63 bits per heavy atom. The van der Waals surface area contributed by atoms with E-state index >= 15 is 0 Å². The topological polar surface area (TPSA) is 16.1 Å². The predicted molar refractivity (Wildman–Crippen MR) is 84.1 cm³/mol. The van der Waals surface area contributed by atoms with E-state index < -0.39 is 0 Å². The summed E-state index contributed by atoms with van der Waals surface area (Å²) in [5.41, 5.74) is 2.18. The summed E-state index contributed by atoms with van der Waals surface area (Å²) in [5, 5.41) is 1.15. The lowest BCUT2D eigenvalue weighted by atomic mass is 10.1. The normalized spacial score (nSPS) is 12.6. The van der Waals surface area contributed by atoms with Crippen LogP contribution in [0.1, 0.15) is 32.8 Å². The van der Waals surface area contributed by atoms with Crippen molar-refractivity contribution in [1.29, 1.82) is 0 Å². The van der Waals surface area contributed by atoms with E-state index in [1.807, 2.05) is 12.1 Å². The van der Waals surface area contributed by atoms with Gasteiger partial charge in [0.25, 0.3) is 0 Å². The molecule has 2 nitrogen and oxygen atoms in total. The molecule has 3 heteroatoms. The first-order chi connectivity index (χ1) is 9.21. The second kappa shape index (κ2) is 6.25. The second-order valence-electron chi connectivity index (χ2n) is 4.83. The van der Waals surface area contributed by atoms with Crippen LogP contribution in [-0.2, 0) is 5.88 Å². The van der Waals surface area contributed by atoms with Gasteiger partial charge in [0, 0.05) is 23.9 Å². The Bertz CT molecular complexity index is 553. The number of halogens is 1. The lowest BCUT2D eigenvalue weighted by Crippen LogP contribution is -2.33. The maximum atomic E-state index is 6.09. The maximum absolute atomic E-state index is 6.09. The van der Waals surface area contributed by atoms with E-state index in [9.17, 15) is 0 Å². The number of hydrogen-bond acceptors (Lipinski definition) is 2. The fourth-order valence-electron chi connectivity index (χ4n) is 2.41. The summed E-state index contributed by atoms with van der Waals surface area (Å²) in [7, 11) is 0. The summed E-state index contributed by atoms with van der Waals surface area (Å²) in [6, 6.07) is 10.8. The van der Waals surface area contributed by atoms with Crippen molar-refractivity contribution in [2.24, 2.45) is 0 Å². The number of hydrogen-bond donors (Lipinski definition) is 0. The van der Waals surface area contributed by atoms with Gasteiger partial charge in [0.15, 0.2) is 0 Å². The monoisotopic (exact) mass is 276 g/mol. The summed E-state index contributed by atoms with van der Waals surface area (Å²) >= 11 is 6.09. The van der Waals surface area contributed by atoms with Crippen LogP contribution >= 0.6 is 11.6 Å². The van der Waals surface area contributed by atoms with Crippen molar-refractivity contribution >= 4 is 28.3 Å². The Morgan fingerprint density at radius 1 is 1.26 bits per heavy atom. The van der Waals surface area contributed by atoms with Crippen molar-refractivity contribution in [3.8, 4) is 0 Å². The summed E-state index contributed by atoms with van der Waals surface area (Å²) in [5.74, 6) is 1.56. The van der Waals surface area contributed by atoms with Crippen LogP contribution in [0.3, 0.4) is 0 Å². The first-order valence-corrected chi connectivity index (χ1v) is 7.46. The molecule has 1 atom stereocenters. The standard InChI is InChI=1S/C16H21ClN2/c1-4-12(3)19(5-2)16-10-13(11-17)14-8-6-7-9-15(14)18-16/h6-10,12H,4-5,11H2,1-3H3. The summed E-state index contributed by atoms with van der Waals surface area (Å²) in [4.78, 5) is 7.13. The summed E-state index contributed by atoms with van der Waals surface area (Å²) < 4.78 is 0. The molecule has 2 rings (SSSR count). The van der Waals surface area contributed by atoms with E-state index in [1.54, 1.807) is 0 Å². The molecule has 0 saturated carbocycles.